The molecule has 6 nitrogen and oxygen atoms in total. The number of rotatable bonds is 2. The first-order chi connectivity index (χ1) is 12.0. The molecule has 0 unspecified atom stereocenters. The van der Waals surface area contributed by atoms with E-state index in [2.05, 4.69) is 5.32 Å². The van der Waals surface area contributed by atoms with Crippen LogP contribution in [0.25, 0.3) is 11.1 Å². The van der Waals surface area contributed by atoms with Gasteiger partial charge in [-0.2, -0.15) is 0 Å². The van der Waals surface area contributed by atoms with Crippen LogP contribution >= 0.6 is 0 Å². The molecule has 2 heterocycles. The highest BCUT2D eigenvalue weighted by Gasteiger charge is 2.48. The van der Waals surface area contributed by atoms with E-state index in [-0.39, 0.29) is 11.5 Å². The van der Waals surface area contributed by atoms with Crippen LogP contribution in [-0.2, 0) is 9.53 Å². The Morgan fingerprint density at radius 1 is 1.12 bits per heavy atom. The van der Waals surface area contributed by atoms with Crippen LogP contribution in [0.2, 0.25) is 0 Å². The molecule has 2 aliphatic rings. The van der Waals surface area contributed by atoms with Crippen LogP contribution in [0.15, 0.2) is 71.8 Å². The lowest BCUT2D eigenvalue weighted by molar-refractivity contribution is -0.116. The van der Waals surface area contributed by atoms with E-state index in [1.807, 2.05) is 48.5 Å². The van der Waals surface area contributed by atoms with Crippen LogP contribution in [0.1, 0.15) is 6.92 Å². The van der Waals surface area contributed by atoms with E-state index in [1.54, 1.807) is 13.0 Å². The number of hydrogen-bond donors (Lipinski definition) is 3. The van der Waals surface area contributed by atoms with Gasteiger partial charge in [0.25, 0.3) is 5.91 Å². The van der Waals surface area contributed by atoms with Crippen LogP contribution < -0.4 is 21.5 Å². The van der Waals surface area contributed by atoms with Crippen molar-refractivity contribution in [3.8, 4) is 16.9 Å². The molecule has 2 aliphatic heterocycles. The topological polar surface area (TPSA) is 99.6 Å². The predicted molar refractivity (Wildman–Crippen MR) is 94.1 cm³/mol. The Kier molecular flexibility index (Phi) is 3.21. The smallest absolute Gasteiger partial charge is 0.256 e. The number of allylic oxidation sites excluding steroid dienone is 1. The van der Waals surface area contributed by atoms with Crippen LogP contribution in [0.3, 0.4) is 0 Å². The van der Waals surface area contributed by atoms with Gasteiger partial charge in [0, 0.05) is 6.08 Å². The minimum atomic E-state index is -1.25. The van der Waals surface area contributed by atoms with Crippen molar-refractivity contribution in [2.75, 3.05) is 5.32 Å². The number of nitrogens with one attached hydrogen (secondary N) is 1. The molecule has 1 spiro atoms. The molecular weight excluding hydrogens is 318 g/mol. The fourth-order valence-corrected chi connectivity index (χ4v) is 3.20. The molecule has 0 saturated carbocycles. The first-order valence-electron chi connectivity index (χ1n) is 7.82. The highest BCUT2D eigenvalue weighted by atomic mass is 16.5. The van der Waals surface area contributed by atoms with Gasteiger partial charge in [-0.05, 0) is 30.2 Å². The number of hydrogen-bond acceptors (Lipinski definition) is 5. The Morgan fingerprint density at radius 3 is 2.60 bits per heavy atom. The van der Waals surface area contributed by atoms with Crippen molar-refractivity contribution < 1.29 is 14.3 Å². The van der Waals surface area contributed by atoms with Gasteiger partial charge >= 0.3 is 0 Å². The third-order valence-electron chi connectivity index (χ3n) is 4.22. The van der Waals surface area contributed by atoms with Crippen molar-refractivity contribution >= 4 is 11.6 Å². The van der Waals surface area contributed by atoms with Gasteiger partial charge in [0.05, 0.1) is 5.69 Å². The summed E-state index contributed by atoms with van der Waals surface area (Å²) in [5, 5.41) is 3.23. The van der Waals surface area contributed by atoms with E-state index in [0.717, 1.165) is 16.8 Å². The van der Waals surface area contributed by atoms with Crippen LogP contribution in [0.4, 0.5) is 5.69 Å². The monoisotopic (exact) mass is 335 g/mol. The number of carbonyl (C=O) groups excluding carboxylic acids is 1. The number of ether oxygens (including phenoxy) is 2. The number of primary amides is 1. The van der Waals surface area contributed by atoms with Gasteiger partial charge in [0.1, 0.15) is 17.1 Å². The third kappa shape index (κ3) is 2.39. The van der Waals surface area contributed by atoms with Crippen molar-refractivity contribution in [3.63, 3.8) is 0 Å². The summed E-state index contributed by atoms with van der Waals surface area (Å²) in [7, 11) is 0. The summed E-state index contributed by atoms with van der Waals surface area (Å²) in [5.74, 6) is 0.365. The number of anilines is 1. The third-order valence-corrected chi connectivity index (χ3v) is 4.22. The maximum absolute atomic E-state index is 11.9. The number of carbonyl (C=O) groups is 1. The maximum Gasteiger partial charge on any atom is 0.256 e. The molecule has 126 valence electrons. The first kappa shape index (κ1) is 15.1. The summed E-state index contributed by atoms with van der Waals surface area (Å²) < 4.78 is 11.4. The molecule has 2 aromatic rings. The van der Waals surface area contributed by atoms with Crippen molar-refractivity contribution in [2.45, 2.75) is 12.6 Å². The number of benzene rings is 2. The predicted octanol–water partition coefficient (Wildman–Crippen LogP) is 2.44. The molecule has 6 heteroatoms. The Hall–Kier alpha value is -3.41. The molecule has 1 atom stereocenters. The van der Waals surface area contributed by atoms with Crippen molar-refractivity contribution in [2.24, 2.45) is 11.5 Å². The van der Waals surface area contributed by atoms with Crippen LogP contribution in [-0.4, -0.2) is 11.6 Å². The summed E-state index contributed by atoms with van der Waals surface area (Å²) in [5.41, 5.74) is 13.0. The Labute approximate surface area is 144 Å². The molecule has 5 N–H and O–H groups in total. The standard InChI is InChI=1S/C19H17N3O3/c1-11-10-19(16(17(20)23)18(21)24-11)22-14-9-13(7-8-15(14)25-19)12-5-3-2-4-6-12/h2-10,22H,21H2,1H3,(H2,20,23)/t19-/m1/s1. The van der Waals surface area contributed by atoms with E-state index in [0.29, 0.717) is 11.5 Å². The molecule has 0 aromatic heterocycles. The minimum Gasteiger partial charge on any atom is -0.457 e. The second kappa shape index (κ2) is 5.31. The fourth-order valence-electron chi connectivity index (χ4n) is 3.20. The van der Waals surface area contributed by atoms with Crippen molar-refractivity contribution in [3.05, 3.63) is 71.8 Å². The Balaban J connectivity index is 1.78. The van der Waals surface area contributed by atoms with Gasteiger partial charge in [0.2, 0.25) is 11.6 Å². The van der Waals surface area contributed by atoms with Gasteiger partial charge in [-0.25, -0.2) is 0 Å². The molecule has 25 heavy (non-hydrogen) atoms. The zero-order valence-electron chi connectivity index (χ0n) is 13.6. The van der Waals surface area contributed by atoms with Crippen molar-refractivity contribution in [1.82, 2.24) is 0 Å². The lowest BCUT2D eigenvalue weighted by atomic mass is 9.99. The summed E-state index contributed by atoms with van der Waals surface area (Å²) in [6.45, 7) is 1.73. The second-order valence-electron chi connectivity index (χ2n) is 6.00. The molecule has 0 aliphatic carbocycles. The second-order valence-corrected chi connectivity index (χ2v) is 6.00. The van der Waals surface area contributed by atoms with E-state index in [1.165, 1.54) is 0 Å². The quantitative estimate of drug-likeness (QED) is 0.783. The lowest BCUT2D eigenvalue weighted by Gasteiger charge is -2.31. The van der Waals surface area contributed by atoms with Gasteiger partial charge in [0.15, 0.2) is 0 Å². The molecule has 0 radical (unpaired) electrons. The van der Waals surface area contributed by atoms with Gasteiger partial charge in [-0.3, -0.25) is 4.79 Å². The van der Waals surface area contributed by atoms with Gasteiger partial charge in [-0.15, -0.1) is 0 Å². The SMILES string of the molecule is CC1=C[C@]2(Nc3cc(-c4ccccc4)ccc3O2)C(C(N)=O)=C(N)O1. The zero-order chi connectivity index (χ0) is 17.6. The molecule has 0 bridgehead atoms. The van der Waals surface area contributed by atoms with Crippen LogP contribution in [0, 0.1) is 0 Å². The normalized spacial score (nSPS) is 21.1. The highest BCUT2D eigenvalue weighted by Crippen LogP contribution is 2.44. The average Bonchev–Trinajstić information content (AvgIpc) is 2.90. The molecular formula is C19H17N3O3. The maximum atomic E-state index is 11.9. The van der Waals surface area contributed by atoms with Gasteiger partial charge in [-0.1, -0.05) is 36.4 Å². The summed E-state index contributed by atoms with van der Waals surface area (Å²) in [6.07, 6.45) is 1.66. The number of amides is 1. The average molecular weight is 335 g/mol. The van der Waals surface area contributed by atoms with E-state index in [9.17, 15) is 4.79 Å². The molecule has 4 rings (SSSR count). The minimum absolute atomic E-state index is 0.0514. The largest absolute Gasteiger partial charge is 0.457 e. The van der Waals surface area contributed by atoms with E-state index >= 15 is 0 Å². The first-order valence-corrected chi connectivity index (χ1v) is 7.82. The molecule has 2 aromatic carbocycles. The van der Waals surface area contributed by atoms with E-state index in [4.69, 9.17) is 20.9 Å². The molecule has 1 amide bonds. The Morgan fingerprint density at radius 2 is 1.88 bits per heavy atom. The summed E-state index contributed by atoms with van der Waals surface area (Å²) >= 11 is 0. The Bertz CT molecular complexity index is 934. The lowest BCUT2D eigenvalue weighted by Crippen LogP contribution is -2.48. The highest BCUT2D eigenvalue weighted by molar-refractivity contribution is 5.97. The number of fused-ring (bicyclic) bond motifs is 1. The fraction of sp³-hybridized carbons (Fsp3) is 0.105. The van der Waals surface area contributed by atoms with Crippen molar-refractivity contribution in [1.29, 1.82) is 0 Å². The zero-order valence-corrected chi connectivity index (χ0v) is 13.6. The van der Waals surface area contributed by atoms with Crippen LogP contribution in [0.5, 0.6) is 5.75 Å². The van der Waals surface area contributed by atoms with Gasteiger partial charge < -0.3 is 26.3 Å². The molecule has 0 saturated heterocycles. The summed E-state index contributed by atoms with van der Waals surface area (Å²) in [4.78, 5) is 11.9. The summed E-state index contributed by atoms with van der Waals surface area (Å²) in [6, 6.07) is 15.8. The molecule has 0 fully saturated rings. The number of nitrogens with two attached hydrogens (primary N) is 2. The van der Waals surface area contributed by atoms with E-state index < -0.39 is 11.6 Å².